The van der Waals surface area contributed by atoms with Crippen LogP contribution in [-0.2, 0) is 6.42 Å². The number of halogens is 2. The lowest BCUT2D eigenvalue weighted by molar-refractivity contribution is 0.200. The molecule has 0 amide bonds. The van der Waals surface area contributed by atoms with Crippen molar-refractivity contribution < 1.29 is 5.11 Å². The summed E-state index contributed by atoms with van der Waals surface area (Å²) in [6.45, 7) is 0. The van der Waals surface area contributed by atoms with Crippen molar-refractivity contribution in [1.82, 2.24) is 0 Å². The number of benzene rings is 1. The van der Waals surface area contributed by atoms with Crippen LogP contribution in [0.15, 0.2) is 22.7 Å². The fourth-order valence-electron chi connectivity index (χ4n) is 2.48. The molecule has 1 aliphatic rings. The van der Waals surface area contributed by atoms with Crippen LogP contribution in [0.5, 0.6) is 0 Å². The van der Waals surface area contributed by atoms with Crippen molar-refractivity contribution in [1.29, 1.82) is 0 Å². The third kappa shape index (κ3) is 5.30. The molecule has 0 radical (unpaired) electrons. The predicted molar refractivity (Wildman–Crippen MR) is 88.2 cm³/mol. The molecule has 106 valence electrons. The smallest absolute Gasteiger partial charge is 0.0671 e. The highest BCUT2D eigenvalue weighted by Gasteiger charge is 2.16. The van der Waals surface area contributed by atoms with Gasteiger partial charge in [0.2, 0.25) is 0 Å². The van der Waals surface area contributed by atoms with Crippen LogP contribution in [0.2, 0.25) is 5.02 Å². The standard InChI is InChI=1S/C15H20BrClOS/c16-12-7-6-11(15(17)9-12)8-13(18)10-19-14-4-2-1-3-5-14/h6-7,9,13-14,18H,1-5,8,10H2. The van der Waals surface area contributed by atoms with E-state index in [1.54, 1.807) is 0 Å². The lowest BCUT2D eigenvalue weighted by Gasteiger charge is -2.22. The molecule has 0 spiro atoms. The highest BCUT2D eigenvalue weighted by atomic mass is 79.9. The molecule has 0 bridgehead atoms. The average molecular weight is 364 g/mol. The van der Waals surface area contributed by atoms with Crippen LogP contribution >= 0.6 is 39.3 Å². The first-order valence-electron chi connectivity index (χ1n) is 6.89. The largest absolute Gasteiger partial charge is 0.392 e. The Bertz CT molecular complexity index is 407. The molecular weight excluding hydrogens is 344 g/mol. The Balaban J connectivity index is 1.78. The second kappa shape index (κ2) is 7.92. The van der Waals surface area contributed by atoms with Gasteiger partial charge < -0.3 is 5.11 Å². The molecule has 1 aromatic rings. The molecule has 1 fully saturated rings. The summed E-state index contributed by atoms with van der Waals surface area (Å²) < 4.78 is 0.979. The van der Waals surface area contributed by atoms with Gasteiger partial charge in [0.25, 0.3) is 0 Å². The fraction of sp³-hybridized carbons (Fsp3) is 0.600. The van der Waals surface area contributed by atoms with Crippen molar-refractivity contribution in [2.75, 3.05) is 5.75 Å². The van der Waals surface area contributed by atoms with Gasteiger partial charge in [-0.2, -0.15) is 11.8 Å². The first-order chi connectivity index (χ1) is 9.15. The quantitative estimate of drug-likeness (QED) is 0.788. The molecule has 0 aliphatic heterocycles. The van der Waals surface area contributed by atoms with Gasteiger partial charge in [-0.1, -0.05) is 52.9 Å². The second-order valence-corrected chi connectivity index (χ2v) is 7.84. The summed E-state index contributed by atoms with van der Waals surface area (Å²) in [5.74, 6) is 0.817. The number of hydrogen-bond acceptors (Lipinski definition) is 2. The van der Waals surface area contributed by atoms with Crippen LogP contribution in [0.25, 0.3) is 0 Å². The Morgan fingerprint density at radius 2 is 2.05 bits per heavy atom. The zero-order valence-electron chi connectivity index (χ0n) is 10.9. The Morgan fingerprint density at radius 1 is 1.32 bits per heavy atom. The molecule has 2 rings (SSSR count). The van der Waals surface area contributed by atoms with Crippen molar-refractivity contribution in [3.63, 3.8) is 0 Å². The zero-order chi connectivity index (χ0) is 13.7. The normalized spacial score (nSPS) is 18.5. The molecule has 1 saturated carbocycles. The summed E-state index contributed by atoms with van der Waals surface area (Å²) in [4.78, 5) is 0. The van der Waals surface area contributed by atoms with Gasteiger partial charge in [-0.3, -0.25) is 0 Å². The van der Waals surface area contributed by atoms with E-state index >= 15 is 0 Å². The van der Waals surface area contributed by atoms with Crippen LogP contribution in [0, 0.1) is 0 Å². The summed E-state index contributed by atoms with van der Waals surface area (Å²) in [7, 11) is 0. The Hall–Kier alpha value is 0.300. The minimum absolute atomic E-state index is 0.300. The summed E-state index contributed by atoms with van der Waals surface area (Å²) in [6, 6.07) is 5.85. The van der Waals surface area contributed by atoms with E-state index in [2.05, 4.69) is 15.9 Å². The van der Waals surface area contributed by atoms with Crippen LogP contribution in [-0.4, -0.2) is 22.2 Å². The minimum Gasteiger partial charge on any atom is -0.392 e. The zero-order valence-corrected chi connectivity index (χ0v) is 14.1. The maximum absolute atomic E-state index is 10.1. The van der Waals surface area contributed by atoms with Crippen molar-refractivity contribution >= 4 is 39.3 Å². The maximum atomic E-state index is 10.1. The minimum atomic E-state index is -0.300. The van der Waals surface area contributed by atoms with Crippen molar-refractivity contribution in [2.45, 2.75) is 49.9 Å². The van der Waals surface area contributed by atoms with Crippen LogP contribution < -0.4 is 0 Å². The lowest BCUT2D eigenvalue weighted by atomic mass is 10.0. The Kier molecular flexibility index (Phi) is 6.54. The molecule has 0 aromatic heterocycles. The Morgan fingerprint density at radius 3 is 2.74 bits per heavy atom. The highest BCUT2D eigenvalue weighted by Crippen LogP contribution is 2.29. The molecule has 1 N–H and O–H groups in total. The predicted octanol–water partition coefficient (Wildman–Crippen LogP) is 5.07. The molecule has 1 nitrogen and oxygen atoms in total. The maximum Gasteiger partial charge on any atom is 0.0671 e. The number of aliphatic hydroxyl groups excluding tert-OH is 1. The van der Waals surface area contributed by atoms with E-state index in [0.29, 0.717) is 6.42 Å². The number of rotatable bonds is 5. The van der Waals surface area contributed by atoms with Crippen LogP contribution in [0.1, 0.15) is 37.7 Å². The van der Waals surface area contributed by atoms with E-state index in [0.717, 1.165) is 26.1 Å². The van der Waals surface area contributed by atoms with E-state index in [1.807, 2.05) is 30.0 Å². The molecule has 4 heteroatoms. The average Bonchev–Trinajstić information content (AvgIpc) is 2.41. The lowest BCUT2D eigenvalue weighted by Crippen LogP contribution is -2.18. The molecule has 1 unspecified atom stereocenters. The van der Waals surface area contributed by atoms with Crippen molar-refractivity contribution in [3.8, 4) is 0 Å². The van der Waals surface area contributed by atoms with Gasteiger partial charge in [-0.25, -0.2) is 0 Å². The molecule has 0 heterocycles. The van der Waals surface area contributed by atoms with Gasteiger partial charge in [0.1, 0.15) is 0 Å². The first-order valence-corrected chi connectivity index (χ1v) is 9.10. The van der Waals surface area contributed by atoms with Gasteiger partial charge in [-0.15, -0.1) is 0 Å². The Labute approximate surface area is 133 Å². The van der Waals surface area contributed by atoms with Gasteiger partial charge in [0.05, 0.1) is 6.10 Å². The van der Waals surface area contributed by atoms with Gasteiger partial charge >= 0.3 is 0 Å². The molecular formula is C15H20BrClOS. The van der Waals surface area contributed by atoms with Gasteiger partial charge in [-0.05, 0) is 30.5 Å². The first kappa shape index (κ1) is 15.7. The third-order valence-corrected chi connectivity index (χ3v) is 5.91. The SMILES string of the molecule is OC(CSC1CCCCC1)Cc1ccc(Br)cc1Cl. The van der Waals surface area contributed by atoms with E-state index in [-0.39, 0.29) is 6.10 Å². The second-order valence-electron chi connectivity index (χ2n) is 5.19. The molecule has 19 heavy (non-hydrogen) atoms. The van der Waals surface area contributed by atoms with Crippen molar-refractivity contribution in [3.05, 3.63) is 33.3 Å². The fourth-order valence-corrected chi connectivity index (χ4v) is 4.51. The van der Waals surface area contributed by atoms with Crippen molar-refractivity contribution in [2.24, 2.45) is 0 Å². The van der Waals surface area contributed by atoms with E-state index in [4.69, 9.17) is 11.6 Å². The topological polar surface area (TPSA) is 20.2 Å². The molecule has 1 atom stereocenters. The van der Waals surface area contributed by atoms with Crippen LogP contribution in [0.4, 0.5) is 0 Å². The highest BCUT2D eigenvalue weighted by molar-refractivity contribution is 9.10. The summed E-state index contributed by atoms with van der Waals surface area (Å²) in [6.07, 6.45) is 7.07. The number of aliphatic hydroxyl groups is 1. The third-order valence-electron chi connectivity index (χ3n) is 3.55. The number of hydrogen-bond donors (Lipinski definition) is 1. The van der Waals surface area contributed by atoms with E-state index in [9.17, 15) is 5.11 Å². The molecule has 1 aromatic carbocycles. The van der Waals surface area contributed by atoms with E-state index in [1.165, 1.54) is 32.1 Å². The van der Waals surface area contributed by atoms with Crippen LogP contribution in [0.3, 0.4) is 0 Å². The molecule has 1 aliphatic carbocycles. The van der Waals surface area contributed by atoms with E-state index < -0.39 is 0 Å². The van der Waals surface area contributed by atoms with Gasteiger partial charge in [0.15, 0.2) is 0 Å². The summed E-state index contributed by atoms with van der Waals surface area (Å²) >= 11 is 11.5. The number of thioether (sulfide) groups is 1. The van der Waals surface area contributed by atoms with Gasteiger partial charge in [0, 0.05) is 26.9 Å². The summed E-state index contributed by atoms with van der Waals surface area (Å²) in [5.41, 5.74) is 1.03. The molecule has 0 saturated heterocycles. The monoisotopic (exact) mass is 362 g/mol. The summed E-state index contributed by atoms with van der Waals surface area (Å²) in [5, 5.41) is 11.6.